The smallest absolute Gasteiger partial charge is 0.377 e. The van der Waals surface area contributed by atoms with Crippen LogP contribution in [-0.2, 0) is 9.90 Å². The first kappa shape index (κ1) is 7.75. The third-order valence-corrected chi connectivity index (χ3v) is 1.34. The van der Waals surface area contributed by atoms with Gasteiger partial charge in [0, 0.05) is 0 Å². The number of hydrogen-bond acceptors (Lipinski definition) is 2. The van der Waals surface area contributed by atoms with Gasteiger partial charge in [0.25, 0.3) is 0 Å². The van der Waals surface area contributed by atoms with Gasteiger partial charge in [-0.25, -0.2) is 9.90 Å². The highest BCUT2D eigenvalue weighted by molar-refractivity contribution is 5.73. The molecule has 0 aliphatic carbocycles. The summed E-state index contributed by atoms with van der Waals surface area (Å²) < 4.78 is 0. The monoisotopic (exact) mass is 151 g/mol. The fraction of sp³-hybridized carbons (Fsp3) is 0.125. The van der Waals surface area contributed by atoms with Gasteiger partial charge in [-0.2, -0.15) is 0 Å². The molecule has 3 heteroatoms. The molecule has 0 unspecified atom stereocenters. The Balaban J connectivity index is 2.85. The average Bonchev–Trinajstić information content (AvgIpc) is 2.05. The summed E-state index contributed by atoms with van der Waals surface area (Å²) >= 11 is 0. The van der Waals surface area contributed by atoms with Crippen LogP contribution in [0.2, 0.25) is 0 Å². The predicted molar refractivity (Wildman–Crippen MR) is 37.1 cm³/mol. The molecule has 0 heterocycles. The first-order valence-electron chi connectivity index (χ1n) is 3.15. The van der Waals surface area contributed by atoms with Crippen molar-refractivity contribution in [2.75, 3.05) is 0 Å². The fourth-order valence-electron chi connectivity index (χ4n) is 0.771. The van der Waals surface area contributed by atoms with E-state index in [1.807, 2.05) is 0 Å². The first-order chi connectivity index (χ1) is 5.22. The molecule has 0 aliphatic heterocycles. The Morgan fingerprint density at radius 2 is 1.82 bits per heavy atom. The standard InChI is InChI=1S/C8H7O3/c9-7(8(10)11)6-4-2-1-3-5-6/h1-5,7,9H/t7-/m0/s1. The molecule has 0 fully saturated rings. The van der Waals surface area contributed by atoms with Gasteiger partial charge in [0.2, 0.25) is 0 Å². The lowest BCUT2D eigenvalue weighted by Crippen LogP contribution is -2.08. The molecule has 1 N–H and O–H groups in total. The van der Waals surface area contributed by atoms with E-state index in [1.54, 1.807) is 18.2 Å². The highest BCUT2D eigenvalue weighted by atomic mass is 16.4. The van der Waals surface area contributed by atoms with E-state index < -0.39 is 12.1 Å². The van der Waals surface area contributed by atoms with Crippen molar-refractivity contribution >= 4 is 5.97 Å². The molecular weight excluding hydrogens is 144 g/mol. The minimum atomic E-state index is -1.52. The van der Waals surface area contributed by atoms with Crippen molar-refractivity contribution in [1.29, 1.82) is 0 Å². The van der Waals surface area contributed by atoms with Crippen molar-refractivity contribution in [2.45, 2.75) is 6.10 Å². The van der Waals surface area contributed by atoms with Crippen molar-refractivity contribution in [1.82, 2.24) is 0 Å². The molecule has 0 spiro atoms. The highest BCUT2D eigenvalue weighted by Gasteiger charge is 2.16. The van der Waals surface area contributed by atoms with Crippen LogP contribution in [0.1, 0.15) is 11.7 Å². The van der Waals surface area contributed by atoms with Crippen molar-refractivity contribution in [3.8, 4) is 0 Å². The topological polar surface area (TPSA) is 57.2 Å². The molecule has 0 aliphatic rings. The van der Waals surface area contributed by atoms with E-state index in [-0.39, 0.29) is 0 Å². The van der Waals surface area contributed by atoms with E-state index in [0.29, 0.717) is 5.56 Å². The summed E-state index contributed by atoms with van der Waals surface area (Å²) in [5, 5.41) is 19.1. The molecule has 1 aromatic carbocycles. The quantitative estimate of drug-likeness (QED) is 0.675. The third kappa shape index (κ3) is 1.78. The van der Waals surface area contributed by atoms with Crippen LogP contribution < -0.4 is 0 Å². The maximum atomic E-state index is 10.1. The van der Waals surface area contributed by atoms with Gasteiger partial charge in [-0.05, 0) is 5.56 Å². The number of aliphatic hydroxyl groups excluding tert-OH is 1. The van der Waals surface area contributed by atoms with Gasteiger partial charge in [-0.1, -0.05) is 30.3 Å². The van der Waals surface area contributed by atoms with E-state index in [0.717, 1.165) is 0 Å². The minimum absolute atomic E-state index is 0.340. The SMILES string of the molecule is [O]C(=O)[C@@H](O)c1ccccc1. The number of rotatable bonds is 2. The molecule has 0 amide bonds. The molecule has 1 radical (unpaired) electrons. The Hall–Kier alpha value is -1.35. The van der Waals surface area contributed by atoms with Crippen molar-refractivity contribution < 1.29 is 15.0 Å². The Morgan fingerprint density at radius 3 is 2.27 bits per heavy atom. The van der Waals surface area contributed by atoms with Crippen molar-refractivity contribution in [2.24, 2.45) is 0 Å². The molecule has 0 saturated carbocycles. The zero-order chi connectivity index (χ0) is 8.27. The summed E-state index contributed by atoms with van der Waals surface area (Å²) in [5.41, 5.74) is 0.340. The second-order valence-corrected chi connectivity index (χ2v) is 2.13. The summed E-state index contributed by atoms with van der Waals surface area (Å²) in [4.78, 5) is 10.1. The Kier molecular flexibility index (Phi) is 2.23. The van der Waals surface area contributed by atoms with Gasteiger partial charge in [-0.3, -0.25) is 0 Å². The van der Waals surface area contributed by atoms with Crippen LogP contribution in [-0.4, -0.2) is 11.1 Å². The Labute approximate surface area is 63.9 Å². The molecule has 1 aromatic rings. The van der Waals surface area contributed by atoms with Gasteiger partial charge >= 0.3 is 5.97 Å². The molecule has 1 atom stereocenters. The molecule has 57 valence electrons. The summed E-state index contributed by atoms with van der Waals surface area (Å²) in [6, 6.07) is 8.11. The molecular formula is C8H7O3. The van der Waals surface area contributed by atoms with E-state index in [9.17, 15) is 9.90 Å². The van der Waals surface area contributed by atoms with Crippen molar-refractivity contribution in [3.63, 3.8) is 0 Å². The average molecular weight is 151 g/mol. The van der Waals surface area contributed by atoms with Gasteiger partial charge in [0.15, 0.2) is 6.10 Å². The van der Waals surface area contributed by atoms with Crippen LogP contribution in [0.5, 0.6) is 0 Å². The van der Waals surface area contributed by atoms with E-state index >= 15 is 0 Å². The number of hydrogen-bond donors (Lipinski definition) is 1. The van der Waals surface area contributed by atoms with Crippen LogP contribution in [0.25, 0.3) is 0 Å². The predicted octanol–water partition coefficient (Wildman–Crippen LogP) is 0.677. The van der Waals surface area contributed by atoms with Crippen LogP contribution in [0, 0.1) is 0 Å². The van der Waals surface area contributed by atoms with E-state index in [4.69, 9.17) is 5.11 Å². The normalized spacial score (nSPS) is 12.5. The zero-order valence-electron chi connectivity index (χ0n) is 5.73. The lowest BCUT2D eigenvalue weighted by atomic mass is 10.1. The number of carbonyl (C=O) groups excluding carboxylic acids is 1. The Bertz CT molecular complexity index is 243. The molecule has 0 aromatic heterocycles. The summed E-state index contributed by atoms with van der Waals surface area (Å²) in [6.07, 6.45) is -1.52. The lowest BCUT2D eigenvalue weighted by molar-refractivity contribution is -0.153. The van der Waals surface area contributed by atoms with Gasteiger partial charge in [0.1, 0.15) is 0 Å². The first-order valence-corrected chi connectivity index (χ1v) is 3.15. The lowest BCUT2D eigenvalue weighted by Gasteiger charge is -2.01. The third-order valence-electron chi connectivity index (χ3n) is 1.34. The second-order valence-electron chi connectivity index (χ2n) is 2.13. The van der Waals surface area contributed by atoms with Gasteiger partial charge in [0.05, 0.1) is 0 Å². The second kappa shape index (κ2) is 3.16. The summed E-state index contributed by atoms with van der Waals surface area (Å²) in [6.45, 7) is 0. The fourth-order valence-corrected chi connectivity index (χ4v) is 0.771. The minimum Gasteiger partial charge on any atom is -0.377 e. The van der Waals surface area contributed by atoms with Gasteiger partial charge < -0.3 is 5.11 Å². The highest BCUT2D eigenvalue weighted by Crippen LogP contribution is 2.11. The maximum Gasteiger partial charge on any atom is 0.388 e. The molecule has 0 saturated heterocycles. The van der Waals surface area contributed by atoms with Crippen LogP contribution in [0.3, 0.4) is 0 Å². The molecule has 0 bridgehead atoms. The Morgan fingerprint density at radius 1 is 1.27 bits per heavy atom. The zero-order valence-corrected chi connectivity index (χ0v) is 5.73. The van der Waals surface area contributed by atoms with Crippen LogP contribution in [0.15, 0.2) is 30.3 Å². The maximum absolute atomic E-state index is 10.1. The van der Waals surface area contributed by atoms with E-state index in [1.165, 1.54) is 12.1 Å². The molecule has 3 nitrogen and oxygen atoms in total. The van der Waals surface area contributed by atoms with Crippen LogP contribution in [0.4, 0.5) is 0 Å². The number of carbonyl (C=O) groups is 1. The van der Waals surface area contributed by atoms with Gasteiger partial charge in [-0.15, -0.1) is 0 Å². The largest absolute Gasteiger partial charge is 0.388 e. The summed E-state index contributed by atoms with van der Waals surface area (Å²) in [7, 11) is 0. The van der Waals surface area contributed by atoms with Crippen molar-refractivity contribution in [3.05, 3.63) is 35.9 Å². The van der Waals surface area contributed by atoms with E-state index in [2.05, 4.69) is 0 Å². The number of benzene rings is 1. The number of aliphatic hydroxyl groups is 1. The molecule has 1 rings (SSSR count). The summed E-state index contributed by atoms with van der Waals surface area (Å²) in [5.74, 6) is -1.48. The molecule has 11 heavy (non-hydrogen) atoms. The van der Waals surface area contributed by atoms with Crippen LogP contribution >= 0.6 is 0 Å².